The molecule has 0 saturated heterocycles. The molecular weight excluding hydrogens is 530 g/mol. The highest BCUT2D eigenvalue weighted by Gasteiger charge is 2.25. The number of anilines is 1. The lowest BCUT2D eigenvalue weighted by Crippen LogP contribution is -2.47. The smallest absolute Gasteiger partial charge is 0.322 e. The molecule has 2 aromatic carbocycles. The highest BCUT2D eigenvalue weighted by molar-refractivity contribution is 7.11. The Morgan fingerprint density at radius 1 is 0.875 bits per heavy atom. The quantitative estimate of drug-likeness (QED) is 0.288. The van der Waals surface area contributed by atoms with E-state index in [-0.39, 0.29) is 18.5 Å². The molecule has 0 aliphatic rings. The predicted octanol–water partition coefficient (Wildman–Crippen LogP) is 5.60. The minimum atomic E-state index is -0.390. The van der Waals surface area contributed by atoms with Crippen molar-refractivity contribution < 1.29 is 28.5 Å². The van der Waals surface area contributed by atoms with Crippen LogP contribution in [-0.2, 0) is 17.8 Å². The van der Waals surface area contributed by atoms with Crippen LogP contribution >= 0.6 is 11.3 Å². The van der Waals surface area contributed by atoms with Crippen LogP contribution in [0.5, 0.6) is 23.0 Å². The second kappa shape index (κ2) is 14.5. The predicted molar refractivity (Wildman–Crippen MR) is 158 cm³/mol. The lowest BCUT2D eigenvalue weighted by Gasteiger charge is -2.30. The number of hydrogen-bond acceptors (Lipinski definition) is 7. The molecule has 3 rings (SSSR count). The Morgan fingerprint density at radius 3 is 2.20 bits per heavy atom. The first-order chi connectivity index (χ1) is 19.2. The molecule has 0 aliphatic carbocycles. The molecule has 3 aromatic rings. The average molecular weight is 570 g/mol. The maximum absolute atomic E-state index is 13.7. The molecule has 0 aliphatic heterocycles. The van der Waals surface area contributed by atoms with E-state index in [2.05, 4.69) is 5.32 Å². The number of amides is 3. The van der Waals surface area contributed by atoms with Crippen molar-refractivity contribution in [2.75, 3.05) is 46.8 Å². The van der Waals surface area contributed by atoms with E-state index in [4.69, 9.17) is 18.9 Å². The summed E-state index contributed by atoms with van der Waals surface area (Å²) in [4.78, 5) is 32.6. The number of rotatable bonds is 13. The Balaban J connectivity index is 1.78. The van der Waals surface area contributed by atoms with Gasteiger partial charge in [-0.3, -0.25) is 4.79 Å². The molecule has 216 valence electrons. The number of benzene rings is 2. The van der Waals surface area contributed by atoms with Crippen LogP contribution in [0.1, 0.15) is 29.2 Å². The van der Waals surface area contributed by atoms with Crippen molar-refractivity contribution in [3.63, 3.8) is 0 Å². The van der Waals surface area contributed by atoms with Gasteiger partial charge >= 0.3 is 6.03 Å². The maximum Gasteiger partial charge on any atom is 0.322 e. The van der Waals surface area contributed by atoms with E-state index in [0.717, 1.165) is 10.4 Å². The second-order valence-corrected chi connectivity index (χ2v) is 10.9. The third-order valence-electron chi connectivity index (χ3n) is 6.45. The van der Waals surface area contributed by atoms with Gasteiger partial charge in [0.1, 0.15) is 18.0 Å². The first-order valence-corrected chi connectivity index (χ1v) is 13.8. The molecule has 0 saturated carbocycles. The summed E-state index contributed by atoms with van der Waals surface area (Å²) >= 11 is 1.66. The molecular formula is C30H39N3O6S. The fourth-order valence-electron chi connectivity index (χ4n) is 4.17. The molecule has 0 bridgehead atoms. The van der Waals surface area contributed by atoms with Crippen LogP contribution in [0.15, 0.2) is 48.5 Å². The molecule has 0 fully saturated rings. The number of thiophene rings is 1. The van der Waals surface area contributed by atoms with Crippen molar-refractivity contribution in [2.45, 2.75) is 39.8 Å². The summed E-state index contributed by atoms with van der Waals surface area (Å²) in [6, 6.07) is 14.4. The zero-order chi connectivity index (χ0) is 29.2. The first-order valence-electron chi connectivity index (χ1n) is 13.0. The number of aryl methyl sites for hydroxylation is 1. The minimum Gasteiger partial charge on any atom is -0.497 e. The van der Waals surface area contributed by atoms with Crippen molar-refractivity contribution in [3.05, 3.63) is 63.8 Å². The summed E-state index contributed by atoms with van der Waals surface area (Å²) in [5, 5.41) is 2.88. The SMILES string of the molecule is COc1ccc(NC(=O)N(CC(=O)N(CCc2ccc(OC)c(OC)c2)Cc2ccc(C)s2)C(C)C)c(OC)c1. The Hall–Kier alpha value is -3.92. The standard InChI is InChI=1S/C30H39N3O6S/c1-20(2)33(30(35)31-25-12-10-23(36-4)17-27(25)38-6)19-29(34)32(18-24-11-8-21(3)40-24)15-14-22-9-13-26(37-5)28(16-22)39-7/h8-13,16-17,20H,14-15,18-19H2,1-7H3,(H,31,35). The zero-order valence-electron chi connectivity index (χ0n) is 24.3. The van der Waals surface area contributed by atoms with Gasteiger partial charge in [-0.25, -0.2) is 4.79 Å². The number of methoxy groups -OCH3 is 4. The van der Waals surface area contributed by atoms with Crippen LogP contribution in [0.4, 0.5) is 10.5 Å². The summed E-state index contributed by atoms with van der Waals surface area (Å²) in [6.45, 7) is 6.68. The maximum atomic E-state index is 13.7. The van der Waals surface area contributed by atoms with Gasteiger partial charge in [0.15, 0.2) is 11.5 Å². The monoisotopic (exact) mass is 569 g/mol. The van der Waals surface area contributed by atoms with Gasteiger partial charge in [-0.1, -0.05) is 6.07 Å². The number of carbonyl (C=O) groups is 2. The fourth-order valence-corrected chi connectivity index (χ4v) is 5.08. The molecule has 40 heavy (non-hydrogen) atoms. The highest BCUT2D eigenvalue weighted by Crippen LogP contribution is 2.30. The molecule has 3 amide bonds. The van der Waals surface area contributed by atoms with Gasteiger partial charge < -0.3 is 34.1 Å². The molecule has 1 N–H and O–H groups in total. The number of hydrogen-bond donors (Lipinski definition) is 1. The topological polar surface area (TPSA) is 89.6 Å². The van der Waals surface area contributed by atoms with Crippen LogP contribution in [0, 0.1) is 6.92 Å². The lowest BCUT2D eigenvalue weighted by molar-refractivity contribution is -0.132. The van der Waals surface area contributed by atoms with E-state index in [0.29, 0.717) is 48.2 Å². The Bertz CT molecular complexity index is 1290. The van der Waals surface area contributed by atoms with E-state index < -0.39 is 6.03 Å². The Morgan fingerprint density at radius 2 is 1.60 bits per heavy atom. The van der Waals surface area contributed by atoms with E-state index in [9.17, 15) is 9.59 Å². The average Bonchev–Trinajstić information content (AvgIpc) is 3.37. The Kier molecular flexibility index (Phi) is 11.1. The van der Waals surface area contributed by atoms with E-state index in [1.54, 1.807) is 55.8 Å². The molecule has 0 spiro atoms. The highest BCUT2D eigenvalue weighted by atomic mass is 32.1. The van der Waals surface area contributed by atoms with Gasteiger partial charge in [-0.2, -0.15) is 0 Å². The molecule has 9 nitrogen and oxygen atoms in total. The van der Waals surface area contributed by atoms with Crippen LogP contribution in [0.3, 0.4) is 0 Å². The largest absolute Gasteiger partial charge is 0.497 e. The molecule has 1 heterocycles. The fraction of sp³-hybridized carbons (Fsp3) is 0.400. The Labute approximate surface area is 240 Å². The molecule has 10 heteroatoms. The lowest BCUT2D eigenvalue weighted by atomic mass is 10.1. The van der Waals surface area contributed by atoms with Gasteiger partial charge in [-0.15, -0.1) is 11.3 Å². The van der Waals surface area contributed by atoms with Crippen LogP contribution in [-0.4, -0.2) is 69.3 Å². The number of carbonyl (C=O) groups excluding carboxylic acids is 2. The van der Waals surface area contributed by atoms with Crippen LogP contribution in [0.2, 0.25) is 0 Å². The first kappa shape index (κ1) is 30.6. The summed E-state index contributed by atoms with van der Waals surface area (Å²) in [5.74, 6) is 2.23. The van der Waals surface area contributed by atoms with Crippen LogP contribution in [0.25, 0.3) is 0 Å². The van der Waals surface area contributed by atoms with Crippen LogP contribution < -0.4 is 24.3 Å². The van der Waals surface area contributed by atoms with E-state index >= 15 is 0 Å². The summed E-state index contributed by atoms with van der Waals surface area (Å²) < 4.78 is 21.5. The van der Waals surface area contributed by atoms with Crippen molar-refractivity contribution in [3.8, 4) is 23.0 Å². The van der Waals surface area contributed by atoms with Gasteiger partial charge in [0.25, 0.3) is 0 Å². The summed E-state index contributed by atoms with van der Waals surface area (Å²) in [5.41, 5.74) is 1.51. The van der Waals surface area contributed by atoms with Gasteiger partial charge in [0, 0.05) is 28.4 Å². The van der Waals surface area contributed by atoms with Crippen molar-refractivity contribution in [2.24, 2.45) is 0 Å². The summed E-state index contributed by atoms with van der Waals surface area (Å²) in [7, 11) is 6.29. The van der Waals surface area contributed by atoms with Crippen molar-refractivity contribution in [1.82, 2.24) is 9.80 Å². The van der Waals surface area contributed by atoms with Crippen molar-refractivity contribution >= 4 is 29.0 Å². The van der Waals surface area contributed by atoms with Gasteiger partial charge in [0.05, 0.1) is 40.7 Å². The third kappa shape index (κ3) is 8.05. The number of ether oxygens (including phenoxy) is 4. The number of nitrogens with zero attached hydrogens (tertiary/aromatic N) is 2. The van der Waals surface area contributed by atoms with Gasteiger partial charge in [-0.05, 0) is 69.2 Å². The van der Waals surface area contributed by atoms with E-state index in [1.165, 1.54) is 16.9 Å². The summed E-state index contributed by atoms with van der Waals surface area (Å²) in [6.07, 6.45) is 0.618. The third-order valence-corrected chi connectivity index (χ3v) is 7.44. The number of urea groups is 1. The molecule has 0 unspecified atom stereocenters. The molecule has 0 atom stereocenters. The van der Waals surface area contributed by atoms with Gasteiger partial charge in [0.2, 0.25) is 5.91 Å². The van der Waals surface area contributed by atoms with Crippen molar-refractivity contribution in [1.29, 1.82) is 0 Å². The number of nitrogens with one attached hydrogen (secondary N) is 1. The second-order valence-electron chi connectivity index (χ2n) is 9.49. The van der Waals surface area contributed by atoms with E-state index in [1.807, 2.05) is 51.1 Å². The zero-order valence-corrected chi connectivity index (χ0v) is 25.1. The minimum absolute atomic E-state index is 0.0712. The normalized spacial score (nSPS) is 10.7. The molecule has 1 aromatic heterocycles. The molecule has 0 radical (unpaired) electrons.